The number of hydrogen-bond donors (Lipinski definition) is 2. The van der Waals surface area contributed by atoms with Gasteiger partial charge in [-0.25, -0.2) is 0 Å². The van der Waals surface area contributed by atoms with Gasteiger partial charge in [-0.3, -0.25) is 9.59 Å². The largest absolute Gasteiger partial charge is 0.416 e. The third-order valence-corrected chi connectivity index (χ3v) is 3.25. The molecule has 0 aliphatic rings. The first-order valence-corrected chi connectivity index (χ1v) is 7.10. The monoisotopic (exact) mass is 386 g/mol. The molecule has 2 N–H and O–H groups in total. The number of benzene rings is 2. The van der Waals surface area contributed by atoms with Crippen LogP contribution in [0.1, 0.15) is 5.56 Å². The standard InChI is InChI=1S/C15H10BrF3N2O2/c16-10-2-1-3-12(8-10)21-14(23)13(22)20-11-6-4-9(5-7-11)15(17,18)19/h1-8H,(H,20,22)(H,21,23). The highest BCUT2D eigenvalue weighted by Gasteiger charge is 2.30. The molecule has 0 heterocycles. The lowest BCUT2D eigenvalue weighted by Crippen LogP contribution is -2.29. The molecule has 2 rings (SSSR count). The fraction of sp³-hybridized carbons (Fsp3) is 0.0667. The van der Waals surface area contributed by atoms with Crippen LogP contribution in [0.3, 0.4) is 0 Å². The molecule has 0 atom stereocenters. The van der Waals surface area contributed by atoms with E-state index in [1.165, 1.54) is 0 Å². The van der Waals surface area contributed by atoms with Crippen molar-refractivity contribution in [2.75, 3.05) is 10.6 Å². The van der Waals surface area contributed by atoms with Crippen molar-refractivity contribution in [1.82, 2.24) is 0 Å². The van der Waals surface area contributed by atoms with Crippen LogP contribution in [0.2, 0.25) is 0 Å². The summed E-state index contributed by atoms with van der Waals surface area (Å²) < 4.78 is 38.0. The number of carbonyl (C=O) groups is 2. The second-order valence-electron chi connectivity index (χ2n) is 4.49. The molecule has 120 valence electrons. The van der Waals surface area contributed by atoms with Crippen molar-refractivity contribution in [3.05, 3.63) is 58.6 Å². The van der Waals surface area contributed by atoms with E-state index in [0.29, 0.717) is 5.69 Å². The number of nitrogens with one attached hydrogen (secondary N) is 2. The fourth-order valence-corrected chi connectivity index (χ4v) is 2.08. The summed E-state index contributed by atoms with van der Waals surface area (Å²) >= 11 is 3.22. The Morgan fingerprint density at radius 3 is 1.96 bits per heavy atom. The van der Waals surface area contributed by atoms with Crippen LogP contribution < -0.4 is 10.6 Å². The summed E-state index contributed by atoms with van der Waals surface area (Å²) in [7, 11) is 0. The first-order chi connectivity index (χ1) is 10.8. The Hall–Kier alpha value is -2.35. The van der Waals surface area contributed by atoms with E-state index in [2.05, 4.69) is 26.6 Å². The van der Waals surface area contributed by atoms with E-state index in [9.17, 15) is 22.8 Å². The second-order valence-corrected chi connectivity index (χ2v) is 5.41. The fourth-order valence-electron chi connectivity index (χ4n) is 1.68. The number of rotatable bonds is 2. The van der Waals surface area contributed by atoms with E-state index < -0.39 is 23.6 Å². The molecule has 8 heteroatoms. The Morgan fingerprint density at radius 2 is 1.43 bits per heavy atom. The number of hydrogen-bond acceptors (Lipinski definition) is 2. The molecule has 4 nitrogen and oxygen atoms in total. The van der Waals surface area contributed by atoms with E-state index in [0.717, 1.165) is 28.7 Å². The maximum Gasteiger partial charge on any atom is 0.416 e. The molecule has 0 unspecified atom stereocenters. The molecule has 0 saturated carbocycles. The number of halogens is 4. The van der Waals surface area contributed by atoms with Gasteiger partial charge in [-0.2, -0.15) is 13.2 Å². The van der Waals surface area contributed by atoms with Crippen LogP contribution in [0.25, 0.3) is 0 Å². The van der Waals surface area contributed by atoms with Gasteiger partial charge in [-0.05, 0) is 42.5 Å². The first kappa shape index (κ1) is 17.0. The van der Waals surface area contributed by atoms with E-state index in [-0.39, 0.29) is 5.69 Å². The molecular formula is C15H10BrF3N2O2. The molecule has 0 aliphatic heterocycles. The van der Waals surface area contributed by atoms with Gasteiger partial charge in [-0.1, -0.05) is 22.0 Å². The molecule has 0 aliphatic carbocycles. The highest BCUT2D eigenvalue weighted by atomic mass is 79.9. The molecule has 0 spiro atoms. The van der Waals surface area contributed by atoms with Crippen molar-refractivity contribution < 1.29 is 22.8 Å². The van der Waals surface area contributed by atoms with Crippen molar-refractivity contribution in [1.29, 1.82) is 0 Å². The summed E-state index contributed by atoms with van der Waals surface area (Å²) in [5.41, 5.74) is -0.339. The van der Waals surface area contributed by atoms with Crippen molar-refractivity contribution in [3.63, 3.8) is 0 Å². The summed E-state index contributed by atoms with van der Waals surface area (Å²) in [6, 6.07) is 10.4. The molecule has 2 aromatic carbocycles. The average molecular weight is 387 g/mol. The lowest BCUT2D eigenvalue weighted by atomic mass is 10.2. The third-order valence-electron chi connectivity index (χ3n) is 2.76. The van der Waals surface area contributed by atoms with Gasteiger partial charge in [0.1, 0.15) is 0 Å². The van der Waals surface area contributed by atoms with Gasteiger partial charge in [0.2, 0.25) is 0 Å². The predicted molar refractivity (Wildman–Crippen MR) is 82.8 cm³/mol. The van der Waals surface area contributed by atoms with Crippen LogP contribution >= 0.6 is 15.9 Å². The van der Waals surface area contributed by atoms with Crippen molar-refractivity contribution in [3.8, 4) is 0 Å². The Morgan fingerprint density at radius 1 is 0.870 bits per heavy atom. The Bertz CT molecular complexity index is 730. The van der Waals surface area contributed by atoms with Crippen LogP contribution in [-0.4, -0.2) is 11.8 Å². The molecule has 0 aromatic heterocycles. The van der Waals surface area contributed by atoms with E-state index in [1.54, 1.807) is 24.3 Å². The Labute approximate surface area is 137 Å². The summed E-state index contributed by atoms with van der Waals surface area (Å²) in [5, 5.41) is 4.60. The quantitative estimate of drug-likeness (QED) is 0.765. The van der Waals surface area contributed by atoms with Crippen molar-refractivity contribution in [2.24, 2.45) is 0 Å². The zero-order valence-electron chi connectivity index (χ0n) is 11.4. The maximum atomic E-state index is 12.4. The van der Waals surface area contributed by atoms with Crippen LogP contribution in [0.15, 0.2) is 53.0 Å². The van der Waals surface area contributed by atoms with Gasteiger partial charge in [0.25, 0.3) is 0 Å². The minimum atomic E-state index is -4.46. The van der Waals surface area contributed by atoms with E-state index in [4.69, 9.17) is 0 Å². The third kappa shape index (κ3) is 4.82. The lowest BCUT2D eigenvalue weighted by Gasteiger charge is -2.09. The van der Waals surface area contributed by atoms with Crippen LogP contribution in [0, 0.1) is 0 Å². The smallest absolute Gasteiger partial charge is 0.318 e. The highest BCUT2D eigenvalue weighted by Crippen LogP contribution is 2.29. The van der Waals surface area contributed by atoms with Gasteiger partial charge < -0.3 is 10.6 Å². The number of amides is 2. The van der Waals surface area contributed by atoms with Crippen LogP contribution in [0.4, 0.5) is 24.5 Å². The Balaban J connectivity index is 2.00. The summed E-state index contributed by atoms with van der Waals surface area (Å²) in [6.45, 7) is 0. The lowest BCUT2D eigenvalue weighted by molar-refractivity contribution is -0.137. The molecule has 0 fully saturated rings. The van der Waals surface area contributed by atoms with Crippen molar-refractivity contribution >= 4 is 39.1 Å². The van der Waals surface area contributed by atoms with Crippen LogP contribution in [-0.2, 0) is 15.8 Å². The molecule has 2 amide bonds. The molecule has 0 saturated heterocycles. The van der Waals surface area contributed by atoms with Gasteiger partial charge in [0.15, 0.2) is 0 Å². The zero-order chi connectivity index (χ0) is 17.0. The van der Waals surface area contributed by atoms with Gasteiger partial charge in [-0.15, -0.1) is 0 Å². The first-order valence-electron chi connectivity index (χ1n) is 6.31. The average Bonchev–Trinajstić information content (AvgIpc) is 2.46. The van der Waals surface area contributed by atoms with Crippen molar-refractivity contribution in [2.45, 2.75) is 6.18 Å². The minimum Gasteiger partial charge on any atom is -0.318 e. The predicted octanol–water partition coefficient (Wildman–Crippen LogP) is 4.05. The number of anilines is 2. The highest BCUT2D eigenvalue weighted by molar-refractivity contribution is 9.10. The molecule has 0 radical (unpaired) electrons. The van der Waals surface area contributed by atoms with E-state index >= 15 is 0 Å². The molecule has 0 bridgehead atoms. The minimum absolute atomic E-state index is 0.0902. The van der Waals surface area contributed by atoms with Gasteiger partial charge >= 0.3 is 18.0 Å². The van der Waals surface area contributed by atoms with Crippen LogP contribution in [0.5, 0.6) is 0 Å². The summed E-state index contributed by atoms with van der Waals surface area (Å²) in [5.74, 6) is -1.91. The second kappa shape index (κ2) is 6.82. The summed E-state index contributed by atoms with van der Waals surface area (Å²) in [6.07, 6.45) is -4.46. The number of alkyl halides is 3. The maximum absolute atomic E-state index is 12.4. The SMILES string of the molecule is O=C(Nc1ccc(C(F)(F)F)cc1)C(=O)Nc1cccc(Br)c1. The molecule has 23 heavy (non-hydrogen) atoms. The molecular weight excluding hydrogens is 377 g/mol. The normalized spacial score (nSPS) is 11.0. The van der Waals surface area contributed by atoms with Gasteiger partial charge in [0, 0.05) is 15.8 Å². The Kier molecular flexibility index (Phi) is 5.05. The van der Waals surface area contributed by atoms with E-state index in [1.807, 2.05) is 0 Å². The molecule has 2 aromatic rings. The zero-order valence-corrected chi connectivity index (χ0v) is 13.0. The number of carbonyl (C=O) groups excluding carboxylic acids is 2. The topological polar surface area (TPSA) is 58.2 Å². The van der Waals surface area contributed by atoms with Gasteiger partial charge in [0.05, 0.1) is 5.56 Å². The summed E-state index contributed by atoms with van der Waals surface area (Å²) in [4.78, 5) is 23.5.